The summed E-state index contributed by atoms with van der Waals surface area (Å²) >= 11 is 1.75. The van der Waals surface area contributed by atoms with Crippen molar-refractivity contribution < 1.29 is 29.5 Å². The van der Waals surface area contributed by atoms with Crippen LogP contribution in [0, 0.1) is 0 Å². The molecule has 25 heavy (non-hydrogen) atoms. The van der Waals surface area contributed by atoms with Gasteiger partial charge in [-0.1, -0.05) is 0 Å². The summed E-state index contributed by atoms with van der Waals surface area (Å²) in [5.74, 6) is 0. The van der Waals surface area contributed by atoms with Crippen molar-refractivity contribution in [2.24, 2.45) is 0 Å². The Morgan fingerprint density at radius 3 is 0.840 bits per heavy atom. The van der Waals surface area contributed by atoms with Crippen LogP contribution in [-0.2, 0) is 40.9 Å². The van der Waals surface area contributed by atoms with Gasteiger partial charge < -0.3 is 0 Å². The molecule has 0 radical (unpaired) electrons. The number of thioether (sulfide) groups is 1. The van der Waals surface area contributed by atoms with Gasteiger partial charge in [0, 0.05) is 49.9 Å². The third-order valence-electron chi connectivity index (χ3n) is 0.908. The minimum absolute atomic E-state index is 0.611. The number of sulfonamides is 1. The van der Waals surface area contributed by atoms with Crippen LogP contribution in [0.3, 0.4) is 0 Å². The molecule has 0 unspecified atom stereocenters. The highest BCUT2D eigenvalue weighted by Crippen LogP contribution is 1.70. The van der Waals surface area contributed by atoms with Crippen molar-refractivity contribution in [3.05, 3.63) is 0 Å². The lowest BCUT2D eigenvalue weighted by Gasteiger charge is -1.94. The Kier molecular flexibility index (Phi) is 29.7. The third kappa shape index (κ3) is 141. The molecular weight excluding hydrogens is 434 g/mol. The van der Waals surface area contributed by atoms with Gasteiger partial charge in [-0.3, -0.25) is 4.21 Å². The molecule has 0 heterocycles. The number of rotatable bonds is 3. The smallest absolute Gasteiger partial charge is 0.260 e. The first-order valence-corrected chi connectivity index (χ1v) is 15.4. The summed E-state index contributed by atoms with van der Waals surface area (Å²) in [6, 6.07) is 0. The zero-order chi connectivity index (χ0) is 21.9. The largest absolute Gasteiger partial charge is 0.276 e. The Labute approximate surface area is 160 Å². The van der Waals surface area contributed by atoms with Gasteiger partial charge in [0.15, 0.2) is 0 Å². The van der Waals surface area contributed by atoms with Crippen molar-refractivity contribution in [1.29, 1.82) is 0 Å². The summed E-state index contributed by atoms with van der Waals surface area (Å²) in [5, 5.41) is 0. The summed E-state index contributed by atoms with van der Waals surface area (Å²) in [7, 11) is -5.30. The molecule has 0 aromatic rings. The molecule has 10 nitrogen and oxygen atoms in total. The van der Waals surface area contributed by atoms with Crippen molar-refractivity contribution in [3.63, 3.8) is 0 Å². The van der Waals surface area contributed by atoms with Crippen molar-refractivity contribution >= 4 is 52.6 Å². The van der Waals surface area contributed by atoms with E-state index in [2.05, 4.69) is 14.2 Å². The normalized spacial score (nSPS) is 10.5. The van der Waals surface area contributed by atoms with Crippen LogP contribution < -0.4 is 14.2 Å². The van der Waals surface area contributed by atoms with E-state index in [0.29, 0.717) is 0 Å². The minimum atomic E-state index is -3.16. The summed E-state index contributed by atoms with van der Waals surface area (Å²) in [4.78, 5) is 0. The summed E-state index contributed by atoms with van der Waals surface area (Å²) in [6.45, 7) is 0. The molecule has 0 saturated carbocycles. The van der Waals surface area contributed by atoms with Crippen LogP contribution in [0.4, 0.5) is 0 Å². The maximum atomic E-state index is 10.1. The Balaban J connectivity index is -0.0000000687. The van der Waals surface area contributed by atoms with E-state index in [9.17, 15) is 29.5 Å². The molecule has 160 valence electrons. The molecular formula is C10H33N3O7S5. The highest BCUT2D eigenvalue weighted by atomic mass is 32.2. The molecule has 0 fully saturated rings. The lowest BCUT2D eigenvalue weighted by atomic mass is 11.6. The van der Waals surface area contributed by atoms with E-state index in [-0.39, 0.29) is 0 Å². The van der Waals surface area contributed by atoms with Crippen molar-refractivity contribution in [3.8, 4) is 0 Å². The van der Waals surface area contributed by atoms with Gasteiger partial charge in [0.05, 0.1) is 6.26 Å². The summed E-state index contributed by atoms with van der Waals surface area (Å²) in [6.07, 6.45) is 10.8. The number of nitrogens with one attached hydrogen (secondary N) is 3. The van der Waals surface area contributed by atoms with Gasteiger partial charge in [0.2, 0.25) is 10.0 Å². The van der Waals surface area contributed by atoms with Crippen molar-refractivity contribution in [2.75, 3.05) is 64.9 Å². The minimum Gasteiger partial charge on any atom is -0.260 e. The Morgan fingerprint density at radius 1 is 0.720 bits per heavy atom. The monoisotopic (exact) mass is 467 g/mol. The Morgan fingerprint density at radius 2 is 0.840 bits per heavy atom. The van der Waals surface area contributed by atoms with Crippen molar-refractivity contribution in [2.45, 2.75) is 0 Å². The zero-order valence-corrected chi connectivity index (χ0v) is 20.5. The Hall–Kier alpha value is 0.230. The fraction of sp³-hybridized carbons (Fsp3) is 1.00. The third-order valence-corrected chi connectivity index (χ3v) is 2.72. The average molecular weight is 468 g/mol. The summed E-state index contributed by atoms with van der Waals surface area (Å²) in [5.41, 5.74) is 0. The van der Waals surface area contributed by atoms with Gasteiger partial charge in [-0.2, -0.15) is 20.2 Å². The molecule has 0 aromatic carbocycles. The number of hydrogen-bond donors (Lipinski definition) is 3. The van der Waals surface area contributed by atoms with Gasteiger partial charge in [-0.25, -0.2) is 31.0 Å². The lowest BCUT2D eigenvalue weighted by Crippen LogP contribution is -2.30. The van der Waals surface area contributed by atoms with E-state index < -0.39 is 40.9 Å². The van der Waals surface area contributed by atoms with Crippen LogP contribution in [0.5, 0.6) is 0 Å². The summed E-state index contributed by atoms with van der Waals surface area (Å²) < 4.78 is 75.1. The second kappa shape index (κ2) is 20.5. The van der Waals surface area contributed by atoms with E-state index in [4.69, 9.17) is 0 Å². The molecule has 15 heteroatoms. The SMILES string of the molecule is CNS(=O)(=O)NC.CNS(C)(=O)=O.CS(C)(=O)=O.CS(C)=O.CSC. The quantitative estimate of drug-likeness (QED) is 0.451. The van der Waals surface area contributed by atoms with Gasteiger partial charge in [0.25, 0.3) is 10.2 Å². The van der Waals surface area contributed by atoms with E-state index in [1.807, 2.05) is 12.5 Å². The maximum absolute atomic E-state index is 10.1. The first-order chi connectivity index (χ1) is 10.8. The fourth-order valence-electron chi connectivity index (χ4n) is 0.102. The Bertz CT molecular complexity index is 579. The van der Waals surface area contributed by atoms with Crippen molar-refractivity contribution in [1.82, 2.24) is 14.2 Å². The molecule has 0 rings (SSSR count). The van der Waals surface area contributed by atoms with Crippen LogP contribution in [0.2, 0.25) is 0 Å². The van der Waals surface area contributed by atoms with Crippen LogP contribution in [0.1, 0.15) is 0 Å². The van der Waals surface area contributed by atoms with Gasteiger partial charge in [0.1, 0.15) is 9.84 Å². The first-order valence-electron chi connectivity index (χ1n) is 6.14. The predicted octanol–water partition coefficient (Wildman–Crippen LogP) is -1.53. The topological polar surface area (TPSA) is 156 Å². The second-order valence-electron chi connectivity index (χ2n) is 4.18. The van der Waals surface area contributed by atoms with E-state index in [1.165, 1.54) is 21.1 Å². The standard InChI is InChI=1S/C2H8N2O2S.C2H7NO2S.C2H6O2S.C2H6OS.C2H6S/c1-3-7(5,6)4-2;1-3-6(2,4)5;1-5(2,3)4;1-4(2)3;1-3-2/h3-4H,1-2H3;3H,1-2H3;1-2H3;1-2H3;1-2H3. The highest BCUT2D eigenvalue weighted by Gasteiger charge is 1.96. The molecule has 0 bridgehead atoms. The zero-order valence-electron chi connectivity index (χ0n) is 16.4. The molecule has 0 spiro atoms. The van der Waals surface area contributed by atoms with Crippen LogP contribution in [-0.4, -0.2) is 94.4 Å². The van der Waals surface area contributed by atoms with E-state index in [0.717, 1.165) is 18.8 Å². The molecule has 0 atom stereocenters. The second-order valence-corrected chi connectivity index (χ2v) is 12.5. The molecule has 0 saturated heterocycles. The van der Waals surface area contributed by atoms with Gasteiger partial charge >= 0.3 is 0 Å². The van der Waals surface area contributed by atoms with E-state index >= 15 is 0 Å². The molecule has 0 aliphatic carbocycles. The lowest BCUT2D eigenvalue weighted by molar-refractivity contribution is 0.579. The average Bonchev–Trinajstić information content (AvgIpc) is 2.37. The van der Waals surface area contributed by atoms with E-state index in [1.54, 1.807) is 24.3 Å². The number of sulfone groups is 1. The van der Waals surface area contributed by atoms with Gasteiger partial charge in [-0.15, -0.1) is 0 Å². The molecule has 0 aromatic heterocycles. The van der Waals surface area contributed by atoms with Crippen LogP contribution in [0.25, 0.3) is 0 Å². The number of hydrogen-bond acceptors (Lipinski definition) is 8. The first kappa shape index (κ1) is 36.2. The molecule has 0 aliphatic heterocycles. The highest BCUT2D eigenvalue weighted by molar-refractivity contribution is 7.97. The van der Waals surface area contributed by atoms with Crippen LogP contribution >= 0.6 is 11.8 Å². The van der Waals surface area contributed by atoms with Crippen LogP contribution in [0.15, 0.2) is 0 Å². The molecule has 3 N–H and O–H groups in total. The predicted molar refractivity (Wildman–Crippen MR) is 111 cm³/mol. The maximum Gasteiger partial charge on any atom is 0.276 e. The van der Waals surface area contributed by atoms with Gasteiger partial charge in [-0.05, 0) is 19.6 Å². The molecule has 0 amide bonds. The molecule has 0 aliphatic rings. The fourth-order valence-corrected chi connectivity index (χ4v) is 0.306.